The molecule has 0 aromatic heterocycles. The SMILES string of the molecule is O=C(COC(=O)c1ccc2ccccc2c1)NCCc1ccccc1F. The van der Waals surface area contributed by atoms with Crippen molar-refractivity contribution in [1.29, 1.82) is 0 Å². The number of rotatable bonds is 6. The predicted molar refractivity (Wildman–Crippen MR) is 97.3 cm³/mol. The highest BCUT2D eigenvalue weighted by Crippen LogP contribution is 2.16. The molecule has 0 aliphatic carbocycles. The van der Waals surface area contributed by atoms with Gasteiger partial charge in [0.15, 0.2) is 6.61 Å². The summed E-state index contributed by atoms with van der Waals surface area (Å²) in [6.45, 7) is -0.101. The summed E-state index contributed by atoms with van der Waals surface area (Å²) >= 11 is 0. The van der Waals surface area contributed by atoms with E-state index in [1.165, 1.54) is 6.07 Å². The number of ether oxygens (including phenoxy) is 1. The Bertz CT molecular complexity index is 939. The van der Waals surface area contributed by atoms with E-state index in [9.17, 15) is 14.0 Å². The summed E-state index contributed by atoms with van der Waals surface area (Å²) in [6.07, 6.45) is 0.372. The van der Waals surface area contributed by atoms with E-state index in [-0.39, 0.29) is 19.0 Å². The lowest BCUT2D eigenvalue weighted by Gasteiger charge is -2.08. The van der Waals surface area contributed by atoms with Crippen LogP contribution in [0.15, 0.2) is 66.7 Å². The van der Waals surface area contributed by atoms with Gasteiger partial charge in [-0.3, -0.25) is 4.79 Å². The van der Waals surface area contributed by atoms with Crippen molar-refractivity contribution in [2.75, 3.05) is 13.2 Å². The van der Waals surface area contributed by atoms with Crippen LogP contribution >= 0.6 is 0 Å². The third kappa shape index (κ3) is 4.45. The molecule has 5 heteroatoms. The van der Waals surface area contributed by atoms with Gasteiger partial charge < -0.3 is 10.1 Å². The number of benzene rings is 3. The summed E-state index contributed by atoms with van der Waals surface area (Å²) in [5, 5.41) is 4.56. The highest BCUT2D eigenvalue weighted by atomic mass is 19.1. The molecule has 0 aliphatic heterocycles. The number of carbonyl (C=O) groups excluding carboxylic acids is 2. The first kappa shape index (κ1) is 17.6. The van der Waals surface area contributed by atoms with Crippen molar-refractivity contribution in [2.24, 2.45) is 0 Å². The normalized spacial score (nSPS) is 10.5. The minimum Gasteiger partial charge on any atom is -0.452 e. The summed E-state index contributed by atoms with van der Waals surface area (Å²) < 4.78 is 18.5. The summed E-state index contributed by atoms with van der Waals surface area (Å²) in [6, 6.07) is 19.3. The standard InChI is InChI=1S/C21H18FNO3/c22-19-8-4-3-6-16(19)11-12-23-20(24)14-26-21(25)18-10-9-15-5-1-2-7-17(15)13-18/h1-10,13H,11-12,14H2,(H,23,24). The van der Waals surface area contributed by atoms with Crippen molar-refractivity contribution in [1.82, 2.24) is 5.32 Å². The number of hydrogen-bond acceptors (Lipinski definition) is 3. The molecule has 0 atom stereocenters. The first-order chi connectivity index (χ1) is 12.6. The quantitative estimate of drug-likeness (QED) is 0.692. The van der Waals surface area contributed by atoms with Crippen LogP contribution in [0.1, 0.15) is 15.9 Å². The summed E-state index contributed by atoms with van der Waals surface area (Å²) in [5.74, 6) is -1.28. The molecule has 0 heterocycles. The minimum absolute atomic E-state index is 0.271. The number of halogens is 1. The first-order valence-electron chi connectivity index (χ1n) is 8.29. The fourth-order valence-corrected chi connectivity index (χ4v) is 2.62. The number of carbonyl (C=O) groups is 2. The molecule has 0 radical (unpaired) electrons. The van der Waals surface area contributed by atoms with E-state index >= 15 is 0 Å². The Balaban J connectivity index is 1.47. The smallest absolute Gasteiger partial charge is 0.338 e. The van der Waals surface area contributed by atoms with E-state index in [0.29, 0.717) is 17.5 Å². The molecule has 26 heavy (non-hydrogen) atoms. The molecule has 1 N–H and O–H groups in total. The third-order valence-corrected chi connectivity index (χ3v) is 3.99. The molecule has 3 rings (SSSR count). The lowest BCUT2D eigenvalue weighted by molar-refractivity contribution is -0.124. The van der Waals surface area contributed by atoms with E-state index < -0.39 is 11.9 Å². The first-order valence-corrected chi connectivity index (χ1v) is 8.29. The topological polar surface area (TPSA) is 55.4 Å². The molecule has 0 saturated carbocycles. The average Bonchev–Trinajstić information content (AvgIpc) is 2.67. The molecule has 1 amide bonds. The second-order valence-electron chi connectivity index (χ2n) is 5.83. The van der Waals surface area contributed by atoms with Crippen LogP contribution in [0.25, 0.3) is 10.8 Å². The van der Waals surface area contributed by atoms with Crippen LogP contribution in [-0.4, -0.2) is 25.0 Å². The van der Waals surface area contributed by atoms with Crippen molar-refractivity contribution in [3.8, 4) is 0 Å². The number of hydrogen-bond donors (Lipinski definition) is 1. The van der Waals surface area contributed by atoms with Crippen molar-refractivity contribution in [3.05, 3.63) is 83.7 Å². The van der Waals surface area contributed by atoms with E-state index in [1.807, 2.05) is 30.3 Å². The Hall–Kier alpha value is -3.21. The lowest BCUT2D eigenvalue weighted by Crippen LogP contribution is -2.30. The van der Waals surface area contributed by atoms with Gasteiger partial charge in [-0.15, -0.1) is 0 Å². The van der Waals surface area contributed by atoms with E-state index in [1.54, 1.807) is 30.3 Å². The largest absolute Gasteiger partial charge is 0.452 e. The van der Waals surface area contributed by atoms with Gasteiger partial charge in [-0.05, 0) is 41.0 Å². The maximum absolute atomic E-state index is 13.5. The highest BCUT2D eigenvalue weighted by Gasteiger charge is 2.11. The predicted octanol–water partition coefficient (Wildman–Crippen LogP) is 3.49. The van der Waals surface area contributed by atoms with Crippen LogP contribution in [0, 0.1) is 5.82 Å². The molecule has 0 fully saturated rings. The number of esters is 1. The van der Waals surface area contributed by atoms with Gasteiger partial charge in [-0.25, -0.2) is 9.18 Å². The Morgan fingerprint density at radius 2 is 1.65 bits per heavy atom. The third-order valence-electron chi connectivity index (χ3n) is 3.99. The van der Waals surface area contributed by atoms with Gasteiger partial charge in [0.1, 0.15) is 5.82 Å². The number of fused-ring (bicyclic) bond motifs is 1. The fraction of sp³-hybridized carbons (Fsp3) is 0.143. The maximum Gasteiger partial charge on any atom is 0.338 e. The van der Waals surface area contributed by atoms with Gasteiger partial charge in [0.25, 0.3) is 5.91 Å². The van der Waals surface area contributed by atoms with Gasteiger partial charge in [0.2, 0.25) is 0 Å². The van der Waals surface area contributed by atoms with Gasteiger partial charge in [-0.2, -0.15) is 0 Å². The van der Waals surface area contributed by atoms with Gasteiger partial charge >= 0.3 is 5.97 Å². The highest BCUT2D eigenvalue weighted by molar-refractivity contribution is 5.96. The molecule has 4 nitrogen and oxygen atoms in total. The summed E-state index contributed by atoms with van der Waals surface area (Å²) in [4.78, 5) is 23.9. The molecule has 3 aromatic rings. The van der Waals surface area contributed by atoms with Crippen LogP contribution in [0.4, 0.5) is 4.39 Å². The molecule has 0 unspecified atom stereocenters. The molecular formula is C21H18FNO3. The Labute approximate surface area is 150 Å². The van der Waals surface area contributed by atoms with Crippen molar-refractivity contribution < 1.29 is 18.7 Å². The van der Waals surface area contributed by atoms with Crippen LogP contribution in [-0.2, 0) is 16.0 Å². The Kier molecular flexibility index (Phi) is 5.59. The van der Waals surface area contributed by atoms with E-state index in [2.05, 4.69) is 5.32 Å². The second-order valence-corrected chi connectivity index (χ2v) is 5.83. The Morgan fingerprint density at radius 3 is 2.46 bits per heavy atom. The molecule has 3 aromatic carbocycles. The lowest BCUT2D eigenvalue weighted by atomic mass is 10.1. The van der Waals surface area contributed by atoms with Gasteiger partial charge in [0, 0.05) is 6.54 Å². The molecule has 0 spiro atoms. The zero-order valence-electron chi connectivity index (χ0n) is 14.1. The molecular weight excluding hydrogens is 333 g/mol. The van der Waals surface area contributed by atoms with Crippen LogP contribution < -0.4 is 5.32 Å². The zero-order valence-corrected chi connectivity index (χ0v) is 14.1. The van der Waals surface area contributed by atoms with Crippen molar-refractivity contribution in [3.63, 3.8) is 0 Å². The number of nitrogens with one attached hydrogen (secondary N) is 1. The molecule has 0 aliphatic rings. The summed E-state index contributed by atoms with van der Waals surface area (Å²) in [7, 11) is 0. The van der Waals surface area contributed by atoms with Crippen LogP contribution in [0.5, 0.6) is 0 Å². The van der Waals surface area contributed by atoms with Crippen molar-refractivity contribution in [2.45, 2.75) is 6.42 Å². The Morgan fingerprint density at radius 1 is 0.923 bits per heavy atom. The van der Waals surface area contributed by atoms with E-state index in [4.69, 9.17) is 4.74 Å². The summed E-state index contributed by atoms with van der Waals surface area (Å²) in [5.41, 5.74) is 0.920. The minimum atomic E-state index is -0.556. The average molecular weight is 351 g/mol. The van der Waals surface area contributed by atoms with Crippen LogP contribution in [0.2, 0.25) is 0 Å². The number of amides is 1. The monoisotopic (exact) mass is 351 g/mol. The second kappa shape index (κ2) is 8.25. The molecule has 0 bridgehead atoms. The van der Waals surface area contributed by atoms with Gasteiger partial charge in [-0.1, -0.05) is 48.5 Å². The van der Waals surface area contributed by atoms with Gasteiger partial charge in [0.05, 0.1) is 5.56 Å². The van der Waals surface area contributed by atoms with E-state index in [0.717, 1.165) is 10.8 Å². The maximum atomic E-state index is 13.5. The zero-order chi connectivity index (χ0) is 18.4. The molecule has 132 valence electrons. The van der Waals surface area contributed by atoms with Crippen LogP contribution in [0.3, 0.4) is 0 Å². The van der Waals surface area contributed by atoms with Crippen molar-refractivity contribution >= 4 is 22.6 Å². The fourth-order valence-electron chi connectivity index (χ4n) is 2.62. The molecule has 0 saturated heterocycles.